The zero-order valence-corrected chi connectivity index (χ0v) is 14.9. The molecule has 4 heteroatoms. The number of hydrogen-bond donors (Lipinski definition) is 1. The molecule has 2 aromatic carbocycles. The molecule has 1 aromatic heterocycles. The summed E-state index contributed by atoms with van der Waals surface area (Å²) in [5.41, 5.74) is 3.71. The van der Waals surface area contributed by atoms with E-state index in [1.165, 1.54) is 0 Å². The molecule has 1 heterocycles. The van der Waals surface area contributed by atoms with Gasteiger partial charge in [0.05, 0.1) is 6.54 Å². The zero-order valence-electron chi connectivity index (χ0n) is 14.9. The molecule has 0 aliphatic heterocycles. The summed E-state index contributed by atoms with van der Waals surface area (Å²) < 4.78 is 1.99. The van der Waals surface area contributed by atoms with Crippen molar-refractivity contribution in [2.75, 3.05) is 25.5 Å². The number of hydrogen-bond acceptors (Lipinski definition) is 2. The van der Waals surface area contributed by atoms with Crippen molar-refractivity contribution in [3.8, 4) is 17.5 Å². The van der Waals surface area contributed by atoms with Crippen molar-refractivity contribution in [3.05, 3.63) is 84.2 Å². The lowest BCUT2D eigenvalue weighted by Gasteiger charge is -2.11. The van der Waals surface area contributed by atoms with Crippen LogP contribution in [0.1, 0.15) is 15.9 Å². The molecule has 0 bridgehead atoms. The Balaban J connectivity index is 1.54. The molecule has 0 atom stereocenters. The van der Waals surface area contributed by atoms with Crippen LogP contribution >= 0.6 is 0 Å². The highest BCUT2D eigenvalue weighted by Gasteiger charge is 2.04. The average Bonchev–Trinajstić information content (AvgIpc) is 3.20. The van der Waals surface area contributed by atoms with Crippen LogP contribution in [-0.2, 0) is 0 Å². The highest BCUT2D eigenvalue weighted by Crippen LogP contribution is 2.11. The summed E-state index contributed by atoms with van der Waals surface area (Å²) in [6.07, 6.45) is 3.94. The number of amides is 1. The fourth-order valence-electron chi connectivity index (χ4n) is 2.51. The number of anilines is 1. The zero-order chi connectivity index (χ0) is 18.4. The second-order valence-corrected chi connectivity index (χ2v) is 6.06. The van der Waals surface area contributed by atoms with Crippen molar-refractivity contribution in [1.82, 2.24) is 9.88 Å². The molecule has 0 spiro atoms. The van der Waals surface area contributed by atoms with Gasteiger partial charge in [-0.25, -0.2) is 0 Å². The topological polar surface area (TPSA) is 37.3 Å². The van der Waals surface area contributed by atoms with Gasteiger partial charge in [0.1, 0.15) is 0 Å². The standard InChI is InChI=1S/C22H21N3O/c1-24(2)20-11-7-18(8-12-20)6-5-15-23-22(26)19-9-13-21(14-10-19)25-16-3-4-17-25/h3-4,7-14,16-17H,15H2,1-2H3,(H,23,26). The summed E-state index contributed by atoms with van der Waals surface area (Å²) in [4.78, 5) is 14.2. The Labute approximate surface area is 154 Å². The number of carbonyl (C=O) groups is 1. The van der Waals surface area contributed by atoms with Crippen molar-refractivity contribution in [1.29, 1.82) is 0 Å². The van der Waals surface area contributed by atoms with E-state index in [0.29, 0.717) is 12.1 Å². The molecule has 1 amide bonds. The van der Waals surface area contributed by atoms with Gasteiger partial charge in [-0.2, -0.15) is 0 Å². The maximum atomic E-state index is 12.2. The quantitative estimate of drug-likeness (QED) is 0.738. The lowest BCUT2D eigenvalue weighted by molar-refractivity contribution is 0.0958. The van der Waals surface area contributed by atoms with Crippen LogP contribution in [0.15, 0.2) is 73.1 Å². The summed E-state index contributed by atoms with van der Waals surface area (Å²) >= 11 is 0. The van der Waals surface area contributed by atoms with Crippen LogP contribution in [0.2, 0.25) is 0 Å². The number of aromatic nitrogens is 1. The van der Waals surface area contributed by atoms with E-state index in [1.807, 2.05) is 96.6 Å². The van der Waals surface area contributed by atoms with Gasteiger partial charge in [0.2, 0.25) is 0 Å². The summed E-state index contributed by atoms with van der Waals surface area (Å²) in [6.45, 7) is 0.313. The molecule has 3 rings (SSSR count). The molecule has 26 heavy (non-hydrogen) atoms. The normalized spacial score (nSPS) is 9.92. The Morgan fingerprint density at radius 1 is 1.00 bits per heavy atom. The molecule has 3 aromatic rings. The van der Waals surface area contributed by atoms with Crippen LogP contribution in [0.3, 0.4) is 0 Å². The second-order valence-electron chi connectivity index (χ2n) is 6.06. The van der Waals surface area contributed by atoms with Crippen LogP contribution in [0.4, 0.5) is 5.69 Å². The minimum Gasteiger partial charge on any atom is -0.378 e. The van der Waals surface area contributed by atoms with E-state index in [9.17, 15) is 4.79 Å². The first-order valence-electron chi connectivity index (χ1n) is 8.41. The molecule has 0 unspecified atom stereocenters. The van der Waals surface area contributed by atoms with Crippen LogP contribution in [-0.4, -0.2) is 31.1 Å². The smallest absolute Gasteiger partial charge is 0.252 e. The van der Waals surface area contributed by atoms with Gasteiger partial charge in [-0.15, -0.1) is 0 Å². The van der Waals surface area contributed by atoms with E-state index in [1.54, 1.807) is 0 Å². The first-order chi connectivity index (χ1) is 12.6. The van der Waals surface area contributed by atoms with E-state index < -0.39 is 0 Å². The Morgan fingerprint density at radius 3 is 2.27 bits per heavy atom. The van der Waals surface area contributed by atoms with Crippen LogP contribution in [0, 0.1) is 11.8 Å². The highest BCUT2D eigenvalue weighted by atomic mass is 16.1. The first kappa shape index (κ1) is 17.4. The van der Waals surface area contributed by atoms with Gasteiger partial charge in [-0.1, -0.05) is 11.8 Å². The Bertz CT molecular complexity index is 912. The van der Waals surface area contributed by atoms with Gasteiger partial charge in [0.25, 0.3) is 5.91 Å². The van der Waals surface area contributed by atoms with E-state index >= 15 is 0 Å². The van der Waals surface area contributed by atoms with Crippen LogP contribution in [0.25, 0.3) is 5.69 Å². The number of nitrogens with one attached hydrogen (secondary N) is 1. The van der Waals surface area contributed by atoms with Crippen molar-refractivity contribution >= 4 is 11.6 Å². The lowest BCUT2D eigenvalue weighted by Crippen LogP contribution is -2.23. The minimum atomic E-state index is -0.124. The van der Waals surface area contributed by atoms with Gasteiger partial charge in [0, 0.05) is 49.0 Å². The lowest BCUT2D eigenvalue weighted by atomic mass is 10.2. The first-order valence-corrected chi connectivity index (χ1v) is 8.41. The molecule has 0 aliphatic carbocycles. The SMILES string of the molecule is CN(C)c1ccc(C#CCNC(=O)c2ccc(-n3cccc3)cc2)cc1. The molecule has 0 aliphatic rings. The van der Waals surface area contributed by atoms with Gasteiger partial charge in [-0.3, -0.25) is 4.79 Å². The van der Waals surface area contributed by atoms with Crippen molar-refractivity contribution in [3.63, 3.8) is 0 Å². The van der Waals surface area contributed by atoms with Crippen LogP contribution < -0.4 is 10.2 Å². The molecule has 0 saturated carbocycles. The Kier molecular flexibility index (Phi) is 5.40. The Morgan fingerprint density at radius 2 is 1.65 bits per heavy atom. The summed E-state index contributed by atoms with van der Waals surface area (Å²) in [6, 6.07) is 19.4. The largest absolute Gasteiger partial charge is 0.378 e. The summed E-state index contributed by atoms with van der Waals surface area (Å²) in [7, 11) is 4.00. The highest BCUT2D eigenvalue weighted by molar-refractivity contribution is 5.94. The molecule has 130 valence electrons. The van der Waals surface area contributed by atoms with Crippen molar-refractivity contribution in [2.45, 2.75) is 0 Å². The number of rotatable bonds is 4. The van der Waals surface area contributed by atoms with Crippen molar-refractivity contribution in [2.24, 2.45) is 0 Å². The van der Waals surface area contributed by atoms with Gasteiger partial charge in [-0.05, 0) is 60.7 Å². The third kappa shape index (κ3) is 4.34. The van der Waals surface area contributed by atoms with E-state index in [2.05, 4.69) is 17.2 Å². The Hall–Kier alpha value is -3.45. The third-order valence-electron chi connectivity index (χ3n) is 3.99. The van der Waals surface area contributed by atoms with Gasteiger partial charge in [0.15, 0.2) is 0 Å². The monoisotopic (exact) mass is 343 g/mol. The predicted molar refractivity (Wildman–Crippen MR) is 106 cm³/mol. The number of nitrogens with zero attached hydrogens (tertiary/aromatic N) is 2. The maximum Gasteiger partial charge on any atom is 0.252 e. The van der Waals surface area contributed by atoms with E-state index in [4.69, 9.17) is 0 Å². The van der Waals surface area contributed by atoms with E-state index in [0.717, 1.165) is 16.9 Å². The minimum absolute atomic E-state index is 0.124. The fourth-order valence-corrected chi connectivity index (χ4v) is 2.51. The molecule has 0 fully saturated rings. The number of benzene rings is 2. The predicted octanol–water partition coefficient (Wildman–Crippen LogP) is 3.32. The molecular weight excluding hydrogens is 322 g/mol. The summed E-state index contributed by atoms with van der Waals surface area (Å²) in [5, 5.41) is 2.83. The molecule has 4 nitrogen and oxygen atoms in total. The molecular formula is C22H21N3O. The average molecular weight is 343 g/mol. The molecule has 0 saturated heterocycles. The fraction of sp³-hybridized carbons (Fsp3) is 0.136. The number of carbonyl (C=O) groups excluding carboxylic acids is 1. The summed E-state index contributed by atoms with van der Waals surface area (Å²) in [5.74, 6) is 5.92. The van der Waals surface area contributed by atoms with Crippen LogP contribution in [0.5, 0.6) is 0 Å². The molecule has 0 radical (unpaired) electrons. The van der Waals surface area contributed by atoms with Gasteiger partial charge >= 0.3 is 0 Å². The van der Waals surface area contributed by atoms with E-state index in [-0.39, 0.29) is 5.91 Å². The van der Waals surface area contributed by atoms with Gasteiger partial charge < -0.3 is 14.8 Å². The maximum absolute atomic E-state index is 12.2. The second kappa shape index (κ2) is 8.09. The molecule has 1 N–H and O–H groups in total. The third-order valence-corrected chi connectivity index (χ3v) is 3.99. The van der Waals surface area contributed by atoms with Crippen molar-refractivity contribution < 1.29 is 4.79 Å².